The standard InChI is InChI=1S/C12H17ClFNO/c1-8(16-3)6-12(15-2)10-5-4-9(13)7-11(10)14/h4-5,7-8,12,15H,6H2,1-3H3. The Labute approximate surface area is 101 Å². The van der Waals surface area contributed by atoms with Crippen LogP contribution in [0.3, 0.4) is 0 Å². The maximum absolute atomic E-state index is 13.7. The highest BCUT2D eigenvalue weighted by Crippen LogP contribution is 2.24. The predicted molar refractivity (Wildman–Crippen MR) is 64.3 cm³/mol. The van der Waals surface area contributed by atoms with Crippen LogP contribution in [-0.4, -0.2) is 20.3 Å². The molecule has 0 spiro atoms. The van der Waals surface area contributed by atoms with E-state index < -0.39 is 0 Å². The Kier molecular flexibility index (Phi) is 5.19. The molecule has 0 heterocycles. The van der Waals surface area contributed by atoms with Crippen LogP contribution in [-0.2, 0) is 4.74 Å². The van der Waals surface area contributed by atoms with Gasteiger partial charge in [-0.15, -0.1) is 0 Å². The Morgan fingerprint density at radius 3 is 2.69 bits per heavy atom. The molecule has 1 N–H and O–H groups in total. The molecule has 0 fully saturated rings. The van der Waals surface area contributed by atoms with E-state index in [0.29, 0.717) is 17.0 Å². The molecule has 0 saturated carbocycles. The first-order valence-corrected chi connectivity index (χ1v) is 5.61. The third kappa shape index (κ3) is 3.44. The fourth-order valence-corrected chi connectivity index (χ4v) is 1.77. The summed E-state index contributed by atoms with van der Waals surface area (Å²) in [5, 5.41) is 3.49. The summed E-state index contributed by atoms with van der Waals surface area (Å²) >= 11 is 5.71. The summed E-state index contributed by atoms with van der Waals surface area (Å²) in [6.07, 6.45) is 0.790. The lowest BCUT2D eigenvalue weighted by molar-refractivity contribution is 0.101. The quantitative estimate of drug-likeness (QED) is 0.861. The van der Waals surface area contributed by atoms with E-state index in [1.54, 1.807) is 26.3 Å². The normalized spacial score (nSPS) is 14.8. The van der Waals surface area contributed by atoms with Gasteiger partial charge >= 0.3 is 0 Å². The van der Waals surface area contributed by atoms with Gasteiger partial charge in [0, 0.05) is 23.7 Å². The number of rotatable bonds is 5. The van der Waals surface area contributed by atoms with E-state index in [0.717, 1.165) is 0 Å². The molecule has 0 aliphatic rings. The smallest absolute Gasteiger partial charge is 0.129 e. The number of methoxy groups -OCH3 is 1. The molecule has 2 atom stereocenters. The molecular weight excluding hydrogens is 229 g/mol. The topological polar surface area (TPSA) is 21.3 Å². The summed E-state index contributed by atoms with van der Waals surface area (Å²) in [6, 6.07) is 4.68. The van der Waals surface area contributed by atoms with Crippen LogP contribution < -0.4 is 5.32 Å². The Morgan fingerprint density at radius 1 is 1.50 bits per heavy atom. The molecule has 1 aromatic carbocycles. The number of ether oxygens (including phenoxy) is 1. The van der Waals surface area contributed by atoms with Gasteiger partial charge in [-0.05, 0) is 32.5 Å². The second-order valence-electron chi connectivity index (χ2n) is 3.79. The van der Waals surface area contributed by atoms with Gasteiger partial charge in [-0.2, -0.15) is 0 Å². The molecule has 0 aromatic heterocycles. The molecule has 0 bridgehead atoms. The molecule has 2 nitrogen and oxygen atoms in total. The highest BCUT2D eigenvalue weighted by molar-refractivity contribution is 6.30. The molecule has 4 heteroatoms. The van der Waals surface area contributed by atoms with Gasteiger partial charge in [0.25, 0.3) is 0 Å². The van der Waals surface area contributed by atoms with Crippen LogP contribution in [0.5, 0.6) is 0 Å². The van der Waals surface area contributed by atoms with Crippen LogP contribution in [0.2, 0.25) is 5.02 Å². The molecule has 0 aliphatic heterocycles. The van der Waals surface area contributed by atoms with Gasteiger partial charge < -0.3 is 10.1 Å². The zero-order valence-corrected chi connectivity index (χ0v) is 10.5. The van der Waals surface area contributed by atoms with Gasteiger partial charge in [-0.3, -0.25) is 0 Å². The second-order valence-corrected chi connectivity index (χ2v) is 4.23. The second kappa shape index (κ2) is 6.18. The maximum Gasteiger partial charge on any atom is 0.129 e. The molecule has 1 aromatic rings. The average molecular weight is 246 g/mol. The highest BCUT2D eigenvalue weighted by atomic mass is 35.5. The molecule has 16 heavy (non-hydrogen) atoms. The Bertz CT molecular complexity index is 346. The molecule has 0 amide bonds. The monoisotopic (exact) mass is 245 g/mol. The fraction of sp³-hybridized carbons (Fsp3) is 0.500. The Balaban J connectivity index is 2.86. The Morgan fingerprint density at radius 2 is 2.19 bits per heavy atom. The van der Waals surface area contributed by atoms with Gasteiger partial charge in [-0.25, -0.2) is 4.39 Å². The number of hydrogen-bond donors (Lipinski definition) is 1. The van der Waals surface area contributed by atoms with Crippen molar-refractivity contribution in [2.24, 2.45) is 0 Å². The van der Waals surface area contributed by atoms with Crippen molar-refractivity contribution < 1.29 is 9.13 Å². The number of benzene rings is 1. The first kappa shape index (κ1) is 13.4. The molecule has 90 valence electrons. The largest absolute Gasteiger partial charge is 0.382 e. The summed E-state index contributed by atoms with van der Waals surface area (Å²) in [5.74, 6) is -0.282. The zero-order chi connectivity index (χ0) is 12.1. The summed E-state index contributed by atoms with van der Waals surface area (Å²) < 4.78 is 18.9. The van der Waals surface area contributed by atoms with Crippen LogP contribution in [0.25, 0.3) is 0 Å². The van der Waals surface area contributed by atoms with Crippen molar-refractivity contribution in [1.29, 1.82) is 0 Å². The Hall–Kier alpha value is -0.640. The van der Waals surface area contributed by atoms with Crippen LogP contribution in [0.1, 0.15) is 24.9 Å². The van der Waals surface area contributed by atoms with Crippen molar-refractivity contribution in [3.63, 3.8) is 0 Å². The molecular formula is C12H17ClFNO. The maximum atomic E-state index is 13.7. The summed E-state index contributed by atoms with van der Waals surface area (Å²) in [4.78, 5) is 0. The van der Waals surface area contributed by atoms with Crippen LogP contribution in [0.4, 0.5) is 4.39 Å². The first-order valence-electron chi connectivity index (χ1n) is 5.23. The minimum atomic E-state index is -0.282. The van der Waals surface area contributed by atoms with E-state index in [9.17, 15) is 4.39 Å². The molecule has 2 unspecified atom stereocenters. The number of halogens is 2. The molecule has 0 saturated heterocycles. The van der Waals surface area contributed by atoms with E-state index in [1.165, 1.54) is 6.07 Å². The number of hydrogen-bond acceptors (Lipinski definition) is 2. The minimum Gasteiger partial charge on any atom is -0.382 e. The lowest BCUT2D eigenvalue weighted by Gasteiger charge is -2.20. The molecule has 0 aliphatic carbocycles. The average Bonchev–Trinajstić information content (AvgIpc) is 2.26. The third-order valence-corrected chi connectivity index (χ3v) is 2.89. The van der Waals surface area contributed by atoms with Crippen molar-refractivity contribution in [2.75, 3.05) is 14.2 Å². The summed E-state index contributed by atoms with van der Waals surface area (Å²) in [5.41, 5.74) is 0.621. The zero-order valence-electron chi connectivity index (χ0n) is 9.76. The van der Waals surface area contributed by atoms with Gasteiger partial charge in [-0.1, -0.05) is 17.7 Å². The van der Waals surface area contributed by atoms with Gasteiger partial charge in [0.05, 0.1) is 6.10 Å². The lowest BCUT2D eigenvalue weighted by atomic mass is 10.0. The van der Waals surface area contributed by atoms with E-state index in [4.69, 9.17) is 16.3 Å². The molecule has 0 radical (unpaired) electrons. The van der Waals surface area contributed by atoms with Crippen LogP contribution in [0, 0.1) is 5.82 Å². The van der Waals surface area contributed by atoms with Crippen molar-refractivity contribution in [3.8, 4) is 0 Å². The predicted octanol–water partition coefficient (Wildman–Crippen LogP) is 3.16. The minimum absolute atomic E-state index is 0.0628. The first-order chi connectivity index (χ1) is 7.58. The fourth-order valence-electron chi connectivity index (χ4n) is 1.61. The summed E-state index contributed by atoms with van der Waals surface area (Å²) in [6.45, 7) is 1.96. The van der Waals surface area contributed by atoms with E-state index in [1.807, 2.05) is 6.92 Å². The summed E-state index contributed by atoms with van der Waals surface area (Å²) in [7, 11) is 3.46. The van der Waals surface area contributed by atoms with E-state index in [2.05, 4.69) is 5.32 Å². The lowest BCUT2D eigenvalue weighted by Crippen LogP contribution is -2.22. The van der Waals surface area contributed by atoms with Crippen molar-refractivity contribution >= 4 is 11.6 Å². The molecule has 1 rings (SSSR count). The number of nitrogens with one attached hydrogen (secondary N) is 1. The van der Waals surface area contributed by atoms with Crippen molar-refractivity contribution in [1.82, 2.24) is 5.32 Å². The van der Waals surface area contributed by atoms with Crippen molar-refractivity contribution in [3.05, 3.63) is 34.6 Å². The van der Waals surface area contributed by atoms with Gasteiger partial charge in [0.1, 0.15) is 5.82 Å². The van der Waals surface area contributed by atoms with E-state index >= 15 is 0 Å². The van der Waals surface area contributed by atoms with Crippen LogP contribution >= 0.6 is 11.6 Å². The van der Waals surface area contributed by atoms with E-state index in [-0.39, 0.29) is 18.0 Å². The van der Waals surface area contributed by atoms with Gasteiger partial charge in [0.2, 0.25) is 0 Å². The highest BCUT2D eigenvalue weighted by Gasteiger charge is 2.16. The van der Waals surface area contributed by atoms with Crippen molar-refractivity contribution in [2.45, 2.75) is 25.5 Å². The van der Waals surface area contributed by atoms with Gasteiger partial charge in [0.15, 0.2) is 0 Å². The third-order valence-electron chi connectivity index (χ3n) is 2.66. The SMILES string of the molecule is CNC(CC(C)OC)c1ccc(Cl)cc1F. The van der Waals surface area contributed by atoms with Crippen LogP contribution in [0.15, 0.2) is 18.2 Å².